The Morgan fingerprint density at radius 2 is 1.75 bits per heavy atom. The Kier molecular flexibility index (Phi) is 4.22. The predicted molar refractivity (Wildman–Crippen MR) is 50.5 cm³/mol. The Labute approximate surface area is 92.2 Å². The van der Waals surface area contributed by atoms with Crippen LogP contribution in [-0.2, 0) is 14.3 Å². The van der Waals surface area contributed by atoms with Crippen molar-refractivity contribution >= 4 is 5.97 Å². The molecule has 0 bridgehead atoms. The zero-order chi connectivity index (χ0) is 12.5. The molecule has 1 heterocycles. The summed E-state index contributed by atoms with van der Waals surface area (Å²) in [7, 11) is 0. The SMILES string of the molecule is CC(C)O[C@H]1OC(C(=O)O)[C@@H](O)C(O)[C@@H]1O. The third kappa shape index (κ3) is 2.69. The quantitative estimate of drug-likeness (QED) is 0.461. The highest BCUT2D eigenvalue weighted by Crippen LogP contribution is 2.23. The molecule has 7 heteroatoms. The van der Waals surface area contributed by atoms with Crippen LogP contribution in [0.15, 0.2) is 0 Å². The highest BCUT2D eigenvalue weighted by atomic mass is 16.7. The van der Waals surface area contributed by atoms with Gasteiger partial charge in [-0.3, -0.25) is 0 Å². The summed E-state index contributed by atoms with van der Waals surface area (Å²) in [5, 5.41) is 37.0. The Balaban J connectivity index is 2.77. The van der Waals surface area contributed by atoms with Crippen molar-refractivity contribution in [1.29, 1.82) is 0 Å². The summed E-state index contributed by atoms with van der Waals surface area (Å²) in [4.78, 5) is 10.7. The van der Waals surface area contributed by atoms with Gasteiger partial charge in [0.1, 0.15) is 18.3 Å². The van der Waals surface area contributed by atoms with E-state index in [1.54, 1.807) is 13.8 Å². The molecule has 0 aromatic rings. The van der Waals surface area contributed by atoms with Crippen LogP contribution in [0, 0.1) is 0 Å². The summed E-state index contributed by atoms with van der Waals surface area (Å²) in [6.07, 6.45) is -7.95. The summed E-state index contributed by atoms with van der Waals surface area (Å²) in [5.41, 5.74) is 0. The molecular weight excluding hydrogens is 220 g/mol. The van der Waals surface area contributed by atoms with Crippen LogP contribution >= 0.6 is 0 Å². The van der Waals surface area contributed by atoms with Crippen molar-refractivity contribution in [3.63, 3.8) is 0 Å². The summed E-state index contributed by atoms with van der Waals surface area (Å²) in [6.45, 7) is 3.34. The van der Waals surface area contributed by atoms with Gasteiger partial charge in [-0.2, -0.15) is 0 Å². The van der Waals surface area contributed by atoms with Crippen LogP contribution in [0.1, 0.15) is 13.8 Å². The fourth-order valence-corrected chi connectivity index (χ4v) is 1.43. The van der Waals surface area contributed by atoms with Crippen LogP contribution in [0.2, 0.25) is 0 Å². The average molecular weight is 236 g/mol. The number of carboxylic acids is 1. The maximum absolute atomic E-state index is 10.7. The van der Waals surface area contributed by atoms with Gasteiger partial charge in [-0.15, -0.1) is 0 Å². The Morgan fingerprint density at radius 3 is 2.19 bits per heavy atom. The fraction of sp³-hybridized carbons (Fsp3) is 0.889. The first kappa shape index (κ1) is 13.3. The maximum atomic E-state index is 10.7. The number of carbonyl (C=O) groups is 1. The zero-order valence-electron chi connectivity index (χ0n) is 8.98. The van der Waals surface area contributed by atoms with Gasteiger partial charge < -0.3 is 29.9 Å². The third-order valence-electron chi connectivity index (χ3n) is 2.22. The van der Waals surface area contributed by atoms with E-state index < -0.39 is 36.7 Å². The molecule has 1 saturated heterocycles. The minimum Gasteiger partial charge on any atom is -0.479 e. The molecule has 0 radical (unpaired) electrons. The van der Waals surface area contributed by atoms with Crippen molar-refractivity contribution < 1.29 is 34.7 Å². The Bertz CT molecular complexity index is 254. The maximum Gasteiger partial charge on any atom is 0.335 e. The minimum absolute atomic E-state index is 0.309. The molecule has 4 N–H and O–H groups in total. The van der Waals surface area contributed by atoms with Gasteiger partial charge in [0, 0.05) is 0 Å². The molecule has 1 aliphatic rings. The Morgan fingerprint density at radius 1 is 1.19 bits per heavy atom. The fourth-order valence-electron chi connectivity index (χ4n) is 1.43. The van der Waals surface area contributed by atoms with Crippen LogP contribution in [-0.4, -0.2) is 63.2 Å². The number of hydrogen-bond acceptors (Lipinski definition) is 6. The lowest BCUT2D eigenvalue weighted by Gasteiger charge is -2.39. The van der Waals surface area contributed by atoms with Gasteiger partial charge in [-0.1, -0.05) is 0 Å². The van der Waals surface area contributed by atoms with Crippen LogP contribution in [0.5, 0.6) is 0 Å². The van der Waals surface area contributed by atoms with Crippen molar-refractivity contribution in [3.05, 3.63) is 0 Å². The summed E-state index contributed by atoms with van der Waals surface area (Å²) in [6, 6.07) is 0. The van der Waals surface area contributed by atoms with Gasteiger partial charge in [-0.25, -0.2) is 4.79 Å². The largest absolute Gasteiger partial charge is 0.479 e. The second kappa shape index (κ2) is 5.07. The molecule has 0 saturated carbocycles. The van der Waals surface area contributed by atoms with Gasteiger partial charge in [0.2, 0.25) is 0 Å². The van der Waals surface area contributed by atoms with Crippen molar-refractivity contribution in [2.45, 2.75) is 50.7 Å². The molecule has 7 nitrogen and oxygen atoms in total. The number of rotatable bonds is 3. The van der Waals surface area contributed by atoms with E-state index in [4.69, 9.17) is 14.6 Å². The number of aliphatic hydroxyl groups is 3. The molecule has 94 valence electrons. The molecule has 1 aliphatic heterocycles. The summed E-state index contributed by atoms with van der Waals surface area (Å²) < 4.78 is 9.97. The van der Waals surface area contributed by atoms with Crippen molar-refractivity contribution in [2.24, 2.45) is 0 Å². The number of aliphatic carboxylic acids is 1. The number of hydrogen-bond donors (Lipinski definition) is 4. The molecule has 0 spiro atoms. The van der Waals surface area contributed by atoms with E-state index in [0.29, 0.717) is 0 Å². The van der Waals surface area contributed by atoms with E-state index in [2.05, 4.69) is 0 Å². The van der Waals surface area contributed by atoms with Crippen molar-refractivity contribution in [2.75, 3.05) is 0 Å². The zero-order valence-corrected chi connectivity index (χ0v) is 8.98. The molecule has 0 amide bonds. The predicted octanol–water partition coefficient (Wildman–Crippen LogP) is -1.70. The second-order valence-corrected chi connectivity index (χ2v) is 3.92. The lowest BCUT2D eigenvalue weighted by atomic mass is 9.99. The summed E-state index contributed by atoms with van der Waals surface area (Å²) in [5.74, 6) is -1.42. The molecule has 0 aromatic heterocycles. The van der Waals surface area contributed by atoms with E-state index in [0.717, 1.165) is 0 Å². The van der Waals surface area contributed by atoms with Crippen LogP contribution in [0.3, 0.4) is 0 Å². The lowest BCUT2D eigenvalue weighted by molar-refractivity contribution is -0.301. The molecule has 0 aromatic carbocycles. The van der Waals surface area contributed by atoms with Crippen molar-refractivity contribution in [1.82, 2.24) is 0 Å². The Hall–Kier alpha value is -0.730. The number of aliphatic hydroxyl groups excluding tert-OH is 3. The van der Waals surface area contributed by atoms with E-state index in [-0.39, 0.29) is 6.10 Å². The minimum atomic E-state index is -1.68. The van der Waals surface area contributed by atoms with E-state index in [1.165, 1.54) is 0 Å². The molecule has 1 rings (SSSR count). The van der Waals surface area contributed by atoms with Gasteiger partial charge in [-0.05, 0) is 13.8 Å². The molecular formula is C9H16O7. The summed E-state index contributed by atoms with van der Waals surface area (Å²) >= 11 is 0. The topological polar surface area (TPSA) is 116 Å². The van der Waals surface area contributed by atoms with Gasteiger partial charge >= 0.3 is 5.97 Å². The highest BCUT2D eigenvalue weighted by molar-refractivity contribution is 5.73. The molecule has 16 heavy (non-hydrogen) atoms. The van der Waals surface area contributed by atoms with Crippen LogP contribution < -0.4 is 0 Å². The van der Waals surface area contributed by atoms with Gasteiger partial charge in [0.15, 0.2) is 12.4 Å². The second-order valence-electron chi connectivity index (χ2n) is 3.92. The normalized spacial score (nSPS) is 40.0. The van der Waals surface area contributed by atoms with Gasteiger partial charge in [0.25, 0.3) is 0 Å². The third-order valence-corrected chi connectivity index (χ3v) is 2.22. The van der Waals surface area contributed by atoms with E-state index in [9.17, 15) is 20.1 Å². The molecule has 5 atom stereocenters. The first-order chi connectivity index (χ1) is 7.34. The van der Waals surface area contributed by atoms with Crippen molar-refractivity contribution in [3.8, 4) is 0 Å². The van der Waals surface area contributed by atoms with Gasteiger partial charge in [0.05, 0.1) is 6.10 Å². The van der Waals surface area contributed by atoms with Crippen LogP contribution in [0.25, 0.3) is 0 Å². The molecule has 2 unspecified atom stereocenters. The first-order valence-electron chi connectivity index (χ1n) is 4.92. The molecule has 1 fully saturated rings. The van der Waals surface area contributed by atoms with E-state index >= 15 is 0 Å². The smallest absolute Gasteiger partial charge is 0.335 e. The number of ether oxygens (including phenoxy) is 2. The number of carboxylic acid groups (broad SMARTS) is 1. The standard InChI is InChI=1S/C9H16O7/c1-3(2)15-9-6(12)4(10)5(11)7(16-9)8(13)14/h3-7,9-12H,1-2H3,(H,13,14)/t4?,5-,6-,7?,9-/m0/s1. The van der Waals surface area contributed by atoms with E-state index in [1.807, 2.05) is 0 Å². The monoisotopic (exact) mass is 236 g/mol. The average Bonchev–Trinajstić information content (AvgIpc) is 2.18. The lowest BCUT2D eigenvalue weighted by Crippen LogP contribution is -2.60. The van der Waals surface area contributed by atoms with Crippen LogP contribution in [0.4, 0.5) is 0 Å². The molecule has 0 aliphatic carbocycles. The highest BCUT2D eigenvalue weighted by Gasteiger charge is 2.47. The first-order valence-corrected chi connectivity index (χ1v) is 4.92.